The molecule has 1 heteroatoms. The van der Waals surface area contributed by atoms with Gasteiger partial charge in [-0.1, -0.05) is 59.3 Å². The molecule has 1 fully saturated rings. The molecule has 0 aromatic carbocycles. The summed E-state index contributed by atoms with van der Waals surface area (Å²) >= 11 is 0. The van der Waals surface area contributed by atoms with Gasteiger partial charge in [-0.25, -0.2) is 0 Å². The molecule has 108 valence electrons. The number of hydrogen-bond acceptors (Lipinski definition) is 1. The van der Waals surface area contributed by atoms with Crippen LogP contribution in [-0.4, -0.2) is 13.1 Å². The van der Waals surface area contributed by atoms with Crippen molar-refractivity contribution in [3.05, 3.63) is 0 Å². The molecule has 1 N–H and O–H groups in total. The van der Waals surface area contributed by atoms with Crippen LogP contribution in [0.2, 0.25) is 0 Å². The normalized spacial score (nSPS) is 22.0. The molecule has 0 heterocycles. The first-order valence-corrected chi connectivity index (χ1v) is 8.39. The third-order valence-electron chi connectivity index (χ3n) is 5.50. The highest BCUT2D eigenvalue weighted by molar-refractivity contribution is 4.94. The van der Waals surface area contributed by atoms with Crippen LogP contribution in [0.3, 0.4) is 0 Å². The van der Waals surface area contributed by atoms with E-state index in [-0.39, 0.29) is 0 Å². The molecule has 0 amide bonds. The zero-order valence-corrected chi connectivity index (χ0v) is 13.2. The first-order valence-electron chi connectivity index (χ1n) is 8.39. The highest BCUT2D eigenvalue weighted by atomic mass is 14.9. The molecule has 2 atom stereocenters. The minimum absolute atomic E-state index is 0.619. The van der Waals surface area contributed by atoms with Crippen molar-refractivity contribution in [1.82, 2.24) is 5.32 Å². The molecule has 0 aromatic heterocycles. The Bertz CT molecular complexity index is 206. The predicted molar refractivity (Wildman–Crippen MR) is 82.0 cm³/mol. The minimum Gasteiger partial charge on any atom is -0.316 e. The van der Waals surface area contributed by atoms with Gasteiger partial charge in [-0.15, -0.1) is 0 Å². The number of unbranched alkanes of at least 4 members (excludes halogenated alkanes) is 1. The molecule has 1 nitrogen and oxygen atoms in total. The smallest absolute Gasteiger partial charge is 0.0123 e. The molecule has 0 spiro atoms. The van der Waals surface area contributed by atoms with E-state index < -0.39 is 0 Å². The van der Waals surface area contributed by atoms with E-state index in [1.807, 2.05) is 0 Å². The lowest BCUT2D eigenvalue weighted by molar-refractivity contribution is 0.161. The molecular weight excluding hydrogens is 218 g/mol. The van der Waals surface area contributed by atoms with E-state index in [0.717, 1.165) is 12.0 Å². The van der Waals surface area contributed by atoms with Crippen LogP contribution in [-0.2, 0) is 0 Å². The second-order valence-electron chi connectivity index (χ2n) is 6.42. The van der Waals surface area contributed by atoms with E-state index in [1.54, 1.807) is 0 Å². The monoisotopic (exact) mass is 253 g/mol. The summed E-state index contributed by atoms with van der Waals surface area (Å²) in [6.45, 7) is 7.09. The Morgan fingerprint density at radius 3 is 2.22 bits per heavy atom. The van der Waals surface area contributed by atoms with Crippen molar-refractivity contribution in [2.45, 2.75) is 91.0 Å². The second-order valence-corrected chi connectivity index (χ2v) is 6.42. The minimum atomic E-state index is 0.619. The van der Waals surface area contributed by atoms with E-state index in [9.17, 15) is 0 Å². The Kier molecular flexibility index (Phi) is 7.29. The van der Waals surface area contributed by atoms with Crippen LogP contribution >= 0.6 is 0 Å². The van der Waals surface area contributed by atoms with Crippen molar-refractivity contribution >= 4 is 0 Å². The average Bonchev–Trinajstić information content (AvgIpc) is 2.89. The third-order valence-corrected chi connectivity index (χ3v) is 5.50. The molecule has 1 aliphatic carbocycles. The van der Waals surface area contributed by atoms with E-state index in [0.29, 0.717) is 5.41 Å². The Labute approximate surface area is 115 Å². The van der Waals surface area contributed by atoms with Gasteiger partial charge in [0, 0.05) is 6.04 Å². The largest absolute Gasteiger partial charge is 0.316 e. The van der Waals surface area contributed by atoms with Crippen molar-refractivity contribution in [1.29, 1.82) is 0 Å². The predicted octanol–water partition coefficient (Wildman–Crippen LogP) is 5.15. The van der Waals surface area contributed by atoms with E-state index >= 15 is 0 Å². The summed E-state index contributed by atoms with van der Waals surface area (Å²) in [5.74, 6) is 0.937. The van der Waals surface area contributed by atoms with E-state index in [2.05, 4.69) is 33.1 Å². The fourth-order valence-electron chi connectivity index (χ4n) is 4.02. The van der Waals surface area contributed by atoms with Crippen LogP contribution in [0.4, 0.5) is 0 Å². The van der Waals surface area contributed by atoms with Gasteiger partial charge in [-0.05, 0) is 44.1 Å². The topological polar surface area (TPSA) is 12.0 Å². The maximum atomic E-state index is 3.68. The van der Waals surface area contributed by atoms with E-state index in [4.69, 9.17) is 0 Å². The Morgan fingerprint density at radius 1 is 1.11 bits per heavy atom. The van der Waals surface area contributed by atoms with Gasteiger partial charge in [0.15, 0.2) is 0 Å². The summed E-state index contributed by atoms with van der Waals surface area (Å²) in [5, 5.41) is 3.68. The molecule has 0 radical (unpaired) electrons. The van der Waals surface area contributed by atoms with Crippen molar-refractivity contribution in [3.63, 3.8) is 0 Å². The summed E-state index contributed by atoms with van der Waals surface area (Å²) in [7, 11) is 2.19. The quantitative estimate of drug-likeness (QED) is 0.599. The summed E-state index contributed by atoms with van der Waals surface area (Å²) in [4.78, 5) is 0. The van der Waals surface area contributed by atoms with E-state index in [1.165, 1.54) is 64.2 Å². The number of nitrogens with one attached hydrogen (secondary N) is 1. The van der Waals surface area contributed by atoms with Gasteiger partial charge in [0.2, 0.25) is 0 Å². The van der Waals surface area contributed by atoms with Gasteiger partial charge in [0.25, 0.3) is 0 Å². The highest BCUT2D eigenvalue weighted by Crippen LogP contribution is 2.45. The standard InChI is InChI=1S/C17H35N/c1-5-8-11-15(6-2)14-16(18-4)17(7-3)12-9-10-13-17/h15-16,18H,5-14H2,1-4H3. The van der Waals surface area contributed by atoms with Crippen LogP contribution in [0.5, 0.6) is 0 Å². The van der Waals surface area contributed by atoms with Crippen molar-refractivity contribution in [2.24, 2.45) is 11.3 Å². The zero-order chi connectivity index (χ0) is 13.4. The lowest BCUT2D eigenvalue weighted by Gasteiger charge is -2.39. The third kappa shape index (κ3) is 3.98. The molecule has 1 aliphatic rings. The van der Waals surface area contributed by atoms with Crippen LogP contribution in [0.25, 0.3) is 0 Å². The van der Waals surface area contributed by atoms with Crippen molar-refractivity contribution in [3.8, 4) is 0 Å². The lowest BCUT2D eigenvalue weighted by atomic mass is 9.72. The fraction of sp³-hybridized carbons (Fsp3) is 1.00. The van der Waals surface area contributed by atoms with Gasteiger partial charge < -0.3 is 5.32 Å². The Balaban J connectivity index is 2.58. The summed E-state index contributed by atoms with van der Waals surface area (Å²) in [5.41, 5.74) is 0.619. The SMILES string of the molecule is CCCCC(CC)CC(NC)C1(CC)CCCC1. The molecular formula is C17H35N. The first-order chi connectivity index (χ1) is 8.72. The molecule has 2 unspecified atom stereocenters. The molecule has 1 saturated carbocycles. The van der Waals surface area contributed by atoms with Crippen molar-refractivity contribution < 1.29 is 0 Å². The first kappa shape index (κ1) is 16.0. The summed E-state index contributed by atoms with van der Waals surface area (Å²) in [6, 6.07) is 0.756. The fourth-order valence-corrected chi connectivity index (χ4v) is 4.02. The van der Waals surface area contributed by atoms with Crippen LogP contribution < -0.4 is 5.32 Å². The highest BCUT2D eigenvalue weighted by Gasteiger charge is 2.39. The summed E-state index contributed by atoms with van der Waals surface area (Å²) in [6.07, 6.45) is 14.1. The molecule has 0 bridgehead atoms. The maximum Gasteiger partial charge on any atom is 0.0123 e. The van der Waals surface area contributed by atoms with Crippen LogP contribution in [0.15, 0.2) is 0 Å². The van der Waals surface area contributed by atoms with Crippen LogP contribution in [0, 0.1) is 11.3 Å². The lowest BCUT2D eigenvalue weighted by Crippen LogP contribution is -2.43. The number of hydrogen-bond donors (Lipinski definition) is 1. The molecule has 0 aliphatic heterocycles. The Morgan fingerprint density at radius 2 is 1.78 bits per heavy atom. The van der Waals surface area contributed by atoms with Gasteiger partial charge in [-0.2, -0.15) is 0 Å². The zero-order valence-electron chi connectivity index (χ0n) is 13.2. The van der Waals surface area contributed by atoms with Gasteiger partial charge in [-0.3, -0.25) is 0 Å². The number of rotatable bonds is 9. The average molecular weight is 253 g/mol. The molecule has 0 saturated heterocycles. The second kappa shape index (κ2) is 8.19. The maximum absolute atomic E-state index is 3.68. The molecule has 0 aromatic rings. The summed E-state index contributed by atoms with van der Waals surface area (Å²) < 4.78 is 0. The van der Waals surface area contributed by atoms with Gasteiger partial charge in [0.1, 0.15) is 0 Å². The Hall–Kier alpha value is -0.0400. The van der Waals surface area contributed by atoms with Crippen LogP contribution in [0.1, 0.15) is 85.0 Å². The van der Waals surface area contributed by atoms with Gasteiger partial charge in [0.05, 0.1) is 0 Å². The molecule has 18 heavy (non-hydrogen) atoms. The van der Waals surface area contributed by atoms with Crippen molar-refractivity contribution in [2.75, 3.05) is 7.05 Å². The van der Waals surface area contributed by atoms with Gasteiger partial charge >= 0.3 is 0 Å². The molecule has 1 rings (SSSR count).